The van der Waals surface area contributed by atoms with Crippen molar-refractivity contribution in [3.05, 3.63) is 104 Å². The zero-order chi connectivity index (χ0) is 23.0. The number of ether oxygens (including phenoxy) is 1. The zero-order valence-corrected chi connectivity index (χ0v) is 17.5. The number of aryl methyl sites for hydroxylation is 1. The van der Waals surface area contributed by atoms with Gasteiger partial charge in [0.05, 0.1) is 27.3 Å². The van der Waals surface area contributed by atoms with Gasteiger partial charge in [0, 0.05) is 17.2 Å². The maximum atomic E-state index is 13.0. The minimum absolute atomic E-state index is 0.0682. The third-order valence-electron chi connectivity index (χ3n) is 5.05. The van der Waals surface area contributed by atoms with E-state index in [1.54, 1.807) is 19.1 Å². The molecule has 1 aliphatic heterocycles. The summed E-state index contributed by atoms with van der Waals surface area (Å²) in [5, 5.41) is 11.1. The van der Waals surface area contributed by atoms with Gasteiger partial charge in [-0.05, 0) is 60.5 Å². The number of halogens is 1. The minimum Gasteiger partial charge on any atom is -0.457 e. The number of hydrogen-bond donors (Lipinski definition) is 0. The number of carbonyl (C=O) groups excluding carboxylic acids is 3. The summed E-state index contributed by atoms with van der Waals surface area (Å²) in [6, 6.07) is 14.7. The normalized spacial score (nSPS) is 12.6. The number of esters is 1. The highest BCUT2D eigenvalue weighted by Crippen LogP contribution is 2.33. The van der Waals surface area contributed by atoms with E-state index in [0.29, 0.717) is 21.8 Å². The van der Waals surface area contributed by atoms with Crippen LogP contribution >= 0.6 is 11.6 Å². The average Bonchev–Trinajstić information content (AvgIpc) is 3.03. The fraction of sp³-hybridized carbons (Fsp3) is 0.0870. The topological polar surface area (TPSA) is 107 Å². The Morgan fingerprint density at radius 3 is 2.38 bits per heavy atom. The van der Waals surface area contributed by atoms with Gasteiger partial charge in [0.2, 0.25) is 0 Å². The molecule has 0 saturated heterocycles. The molecule has 9 heteroatoms. The molecule has 0 aliphatic carbocycles. The van der Waals surface area contributed by atoms with Crippen molar-refractivity contribution in [2.45, 2.75) is 13.5 Å². The Balaban J connectivity index is 1.53. The first kappa shape index (κ1) is 21.2. The smallest absolute Gasteiger partial charge is 0.338 e. The van der Waals surface area contributed by atoms with Crippen LogP contribution in [0.1, 0.15) is 42.2 Å². The maximum Gasteiger partial charge on any atom is 0.338 e. The van der Waals surface area contributed by atoms with Crippen molar-refractivity contribution >= 4 is 40.8 Å². The number of fused-ring (bicyclic) bond motifs is 1. The number of hydrogen-bond acceptors (Lipinski definition) is 6. The molecule has 160 valence electrons. The van der Waals surface area contributed by atoms with Gasteiger partial charge in [-0.3, -0.25) is 19.7 Å². The molecular formula is C23H15ClN2O6. The first-order valence-corrected chi connectivity index (χ1v) is 9.83. The average molecular weight is 451 g/mol. The highest BCUT2D eigenvalue weighted by molar-refractivity contribution is 6.36. The van der Waals surface area contributed by atoms with Crippen LogP contribution in [0.2, 0.25) is 5.02 Å². The van der Waals surface area contributed by atoms with Crippen LogP contribution in [0.15, 0.2) is 60.7 Å². The van der Waals surface area contributed by atoms with Gasteiger partial charge in [0.15, 0.2) is 0 Å². The van der Waals surface area contributed by atoms with Gasteiger partial charge in [0.25, 0.3) is 17.5 Å². The number of nitro groups is 1. The summed E-state index contributed by atoms with van der Waals surface area (Å²) in [4.78, 5) is 49.5. The third kappa shape index (κ3) is 3.83. The fourth-order valence-electron chi connectivity index (χ4n) is 3.36. The number of rotatable bonds is 5. The monoisotopic (exact) mass is 450 g/mol. The predicted molar refractivity (Wildman–Crippen MR) is 116 cm³/mol. The number of non-ortho nitro benzene ring substituents is 1. The fourth-order valence-corrected chi connectivity index (χ4v) is 3.52. The molecule has 0 atom stereocenters. The Morgan fingerprint density at radius 1 is 1.00 bits per heavy atom. The van der Waals surface area contributed by atoms with E-state index in [0.717, 1.165) is 4.90 Å². The number of benzene rings is 3. The lowest BCUT2D eigenvalue weighted by atomic mass is 10.1. The molecule has 1 aliphatic rings. The summed E-state index contributed by atoms with van der Waals surface area (Å²) >= 11 is 6.03. The first-order chi connectivity index (χ1) is 15.3. The van der Waals surface area contributed by atoms with Crippen molar-refractivity contribution in [1.82, 2.24) is 0 Å². The van der Waals surface area contributed by atoms with E-state index in [1.807, 2.05) is 0 Å². The molecule has 0 spiro atoms. The molecule has 0 N–H and O–H groups in total. The van der Waals surface area contributed by atoms with Crippen LogP contribution in [0, 0.1) is 17.0 Å². The molecule has 0 radical (unpaired) electrons. The number of nitrogens with zero attached hydrogens (tertiary/aromatic N) is 2. The summed E-state index contributed by atoms with van der Waals surface area (Å²) < 4.78 is 5.25. The lowest BCUT2D eigenvalue weighted by Gasteiger charge is -2.16. The van der Waals surface area contributed by atoms with Crippen molar-refractivity contribution in [2.24, 2.45) is 0 Å². The Morgan fingerprint density at radius 2 is 1.69 bits per heavy atom. The standard InChI is InChI=1S/C23H15ClN2O6/c1-13-2-6-16(24)11-20(13)25-21(27)18-9-5-15(10-19(18)22(25)28)23(29)32-12-14-3-7-17(8-4-14)26(30)31/h2-11H,12H2,1H3. The molecule has 3 aromatic rings. The Hall–Kier alpha value is -4.04. The summed E-state index contributed by atoms with van der Waals surface area (Å²) in [7, 11) is 0. The zero-order valence-electron chi connectivity index (χ0n) is 16.7. The lowest BCUT2D eigenvalue weighted by molar-refractivity contribution is -0.384. The molecule has 2 amide bonds. The molecule has 0 saturated carbocycles. The van der Waals surface area contributed by atoms with Crippen molar-refractivity contribution in [1.29, 1.82) is 0 Å². The number of nitro benzene ring substituents is 1. The van der Waals surface area contributed by atoms with E-state index in [9.17, 15) is 24.5 Å². The van der Waals surface area contributed by atoms with Crippen LogP contribution in [-0.4, -0.2) is 22.7 Å². The van der Waals surface area contributed by atoms with Crippen LogP contribution in [-0.2, 0) is 11.3 Å². The number of anilines is 1. The number of amides is 2. The van der Waals surface area contributed by atoms with Gasteiger partial charge in [-0.2, -0.15) is 0 Å². The van der Waals surface area contributed by atoms with Crippen LogP contribution in [0.5, 0.6) is 0 Å². The van der Waals surface area contributed by atoms with Crippen LogP contribution < -0.4 is 4.90 Å². The SMILES string of the molecule is Cc1ccc(Cl)cc1N1C(=O)c2ccc(C(=O)OCc3ccc([N+](=O)[O-])cc3)cc2C1=O. The summed E-state index contributed by atoms with van der Waals surface area (Å²) in [5.74, 6) is -1.75. The molecule has 0 fully saturated rings. The van der Waals surface area contributed by atoms with E-state index >= 15 is 0 Å². The summed E-state index contributed by atoms with van der Waals surface area (Å²) in [6.07, 6.45) is 0. The first-order valence-electron chi connectivity index (χ1n) is 9.45. The van der Waals surface area contributed by atoms with E-state index < -0.39 is 22.7 Å². The van der Waals surface area contributed by atoms with Gasteiger partial charge in [-0.15, -0.1) is 0 Å². The molecule has 4 rings (SSSR count). The molecule has 8 nitrogen and oxygen atoms in total. The Bertz CT molecular complexity index is 1290. The highest BCUT2D eigenvalue weighted by Gasteiger charge is 2.38. The van der Waals surface area contributed by atoms with Gasteiger partial charge < -0.3 is 4.74 Å². The van der Waals surface area contributed by atoms with Crippen molar-refractivity contribution < 1.29 is 24.0 Å². The van der Waals surface area contributed by atoms with E-state index in [2.05, 4.69) is 0 Å². The van der Waals surface area contributed by atoms with Crippen molar-refractivity contribution in [3.8, 4) is 0 Å². The van der Waals surface area contributed by atoms with Gasteiger partial charge in [0.1, 0.15) is 6.61 Å². The van der Waals surface area contributed by atoms with E-state index in [-0.39, 0.29) is 29.0 Å². The molecule has 1 heterocycles. The third-order valence-corrected chi connectivity index (χ3v) is 5.29. The van der Waals surface area contributed by atoms with Crippen LogP contribution in [0.25, 0.3) is 0 Å². The molecule has 32 heavy (non-hydrogen) atoms. The lowest BCUT2D eigenvalue weighted by Crippen LogP contribution is -2.30. The second-order valence-corrected chi connectivity index (χ2v) is 7.57. The number of carbonyl (C=O) groups is 3. The highest BCUT2D eigenvalue weighted by atomic mass is 35.5. The second kappa shape index (κ2) is 8.24. The summed E-state index contributed by atoms with van der Waals surface area (Å²) in [5.41, 5.74) is 1.97. The maximum absolute atomic E-state index is 13.0. The van der Waals surface area contributed by atoms with Crippen LogP contribution in [0.3, 0.4) is 0 Å². The van der Waals surface area contributed by atoms with Gasteiger partial charge in [-0.1, -0.05) is 17.7 Å². The quantitative estimate of drug-likeness (QED) is 0.241. The largest absolute Gasteiger partial charge is 0.457 e. The Labute approximate surface area is 187 Å². The molecule has 0 bridgehead atoms. The molecule has 0 unspecified atom stereocenters. The predicted octanol–water partition coefficient (Wildman–Crippen LogP) is 4.71. The second-order valence-electron chi connectivity index (χ2n) is 7.14. The van der Waals surface area contributed by atoms with Gasteiger partial charge >= 0.3 is 5.97 Å². The minimum atomic E-state index is -0.691. The molecule has 3 aromatic carbocycles. The van der Waals surface area contributed by atoms with Crippen LogP contribution in [0.4, 0.5) is 11.4 Å². The van der Waals surface area contributed by atoms with Crippen molar-refractivity contribution in [3.63, 3.8) is 0 Å². The molecule has 0 aromatic heterocycles. The number of imide groups is 1. The van der Waals surface area contributed by atoms with Crippen molar-refractivity contribution in [2.75, 3.05) is 4.90 Å². The summed E-state index contributed by atoms with van der Waals surface area (Å²) in [6.45, 7) is 1.66. The molecular weight excluding hydrogens is 436 g/mol. The van der Waals surface area contributed by atoms with Gasteiger partial charge in [-0.25, -0.2) is 9.69 Å². The van der Waals surface area contributed by atoms with E-state index in [4.69, 9.17) is 16.3 Å². The van der Waals surface area contributed by atoms with E-state index in [1.165, 1.54) is 48.5 Å². The Kier molecular flexibility index (Phi) is 5.46.